The fourth-order valence-electron chi connectivity index (χ4n) is 2.00. The number of aromatic hydroxyl groups is 1. The molecule has 1 atom stereocenters. The van der Waals surface area contributed by atoms with Crippen molar-refractivity contribution >= 4 is 11.8 Å². The van der Waals surface area contributed by atoms with Gasteiger partial charge in [-0.2, -0.15) is 0 Å². The molecule has 0 aliphatic heterocycles. The number of phenolic OH excluding ortho intramolecular Hbond substituents is 1. The van der Waals surface area contributed by atoms with Crippen LogP contribution < -0.4 is 0 Å². The van der Waals surface area contributed by atoms with Crippen LogP contribution in [0.15, 0.2) is 12.1 Å². The predicted octanol–water partition coefficient (Wildman–Crippen LogP) is 1.36. The van der Waals surface area contributed by atoms with E-state index in [1.165, 1.54) is 0 Å². The molecule has 0 radical (unpaired) electrons. The van der Waals surface area contributed by atoms with E-state index >= 15 is 0 Å². The third-order valence-corrected chi connectivity index (χ3v) is 2.72. The Balaban J connectivity index is 2.42. The zero-order valence-electron chi connectivity index (χ0n) is 8.24. The van der Waals surface area contributed by atoms with Gasteiger partial charge in [0.2, 0.25) is 0 Å². The highest BCUT2D eigenvalue weighted by Crippen LogP contribution is 2.36. The van der Waals surface area contributed by atoms with Gasteiger partial charge in [0.15, 0.2) is 5.78 Å². The van der Waals surface area contributed by atoms with Gasteiger partial charge in [0.1, 0.15) is 11.6 Å². The Kier molecular flexibility index (Phi) is 2.38. The lowest BCUT2D eigenvalue weighted by Gasteiger charge is -2.02. The first-order chi connectivity index (χ1) is 7.50. The number of carboxylic acids is 1. The SMILES string of the molecule is O=C(O)CC1Cc2c(F)ccc(O)c2C1=O. The summed E-state index contributed by atoms with van der Waals surface area (Å²) < 4.78 is 13.3. The monoisotopic (exact) mass is 224 g/mol. The van der Waals surface area contributed by atoms with Crippen LogP contribution in [-0.4, -0.2) is 22.0 Å². The Morgan fingerprint density at radius 1 is 1.50 bits per heavy atom. The van der Waals surface area contributed by atoms with Crippen molar-refractivity contribution in [2.24, 2.45) is 5.92 Å². The van der Waals surface area contributed by atoms with Crippen LogP contribution in [0.4, 0.5) is 4.39 Å². The fraction of sp³-hybridized carbons (Fsp3) is 0.273. The molecule has 0 bridgehead atoms. The number of hydrogen-bond acceptors (Lipinski definition) is 3. The quantitative estimate of drug-likeness (QED) is 0.795. The molecule has 1 aromatic rings. The normalized spacial score (nSPS) is 18.6. The summed E-state index contributed by atoms with van der Waals surface area (Å²) >= 11 is 0. The molecule has 1 aliphatic rings. The second-order valence-corrected chi connectivity index (χ2v) is 3.78. The van der Waals surface area contributed by atoms with E-state index in [9.17, 15) is 19.1 Å². The molecule has 16 heavy (non-hydrogen) atoms. The molecular formula is C11H9FO4. The highest BCUT2D eigenvalue weighted by atomic mass is 19.1. The van der Waals surface area contributed by atoms with Crippen LogP contribution in [0, 0.1) is 11.7 Å². The maximum Gasteiger partial charge on any atom is 0.304 e. The molecule has 0 heterocycles. The van der Waals surface area contributed by atoms with Crippen molar-refractivity contribution in [3.63, 3.8) is 0 Å². The van der Waals surface area contributed by atoms with Gasteiger partial charge in [0.25, 0.3) is 0 Å². The van der Waals surface area contributed by atoms with E-state index in [1.807, 2.05) is 0 Å². The van der Waals surface area contributed by atoms with E-state index in [2.05, 4.69) is 0 Å². The molecule has 5 heteroatoms. The summed E-state index contributed by atoms with van der Waals surface area (Å²) in [6.45, 7) is 0. The van der Waals surface area contributed by atoms with E-state index in [4.69, 9.17) is 5.11 Å². The lowest BCUT2D eigenvalue weighted by Crippen LogP contribution is -2.13. The number of phenols is 1. The maximum atomic E-state index is 13.3. The third kappa shape index (κ3) is 1.54. The summed E-state index contributed by atoms with van der Waals surface area (Å²) in [5.41, 5.74) is 0.0579. The number of benzene rings is 1. The van der Waals surface area contributed by atoms with Crippen molar-refractivity contribution < 1.29 is 24.2 Å². The van der Waals surface area contributed by atoms with Gasteiger partial charge in [-0.3, -0.25) is 9.59 Å². The highest BCUT2D eigenvalue weighted by Gasteiger charge is 2.36. The number of ketones is 1. The van der Waals surface area contributed by atoms with Crippen molar-refractivity contribution in [2.45, 2.75) is 12.8 Å². The predicted molar refractivity (Wildman–Crippen MR) is 51.8 cm³/mol. The second kappa shape index (κ2) is 3.59. The van der Waals surface area contributed by atoms with Gasteiger partial charge < -0.3 is 10.2 Å². The minimum atomic E-state index is -1.11. The minimum Gasteiger partial charge on any atom is -0.507 e. The number of carboxylic acid groups (broad SMARTS) is 1. The van der Waals surface area contributed by atoms with Crippen LogP contribution in [0.1, 0.15) is 22.3 Å². The molecule has 2 N–H and O–H groups in total. The zero-order valence-corrected chi connectivity index (χ0v) is 8.24. The van der Waals surface area contributed by atoms with Crippen LogP contribution in [0.3, 0.4) is 0 Å². The summed E-state index contributed by atoms with van der Waals surface area (Å²) in [6, 6.07) is 2.18. The average molecular weight is 224 g/mol. The van der Waals surface area contributed by atoms with Crippen LogP contribution in [0.25, 0.3) is 0 Å². The lowest BCUT2D eigenvalue weighted by atomic mass is 10.0. The largest absolute Gasteiger partial charge is 0.507 e. The fourth-order valence-corrected chi connectivity index (χ4v) is 2.00. The van der Waals surface area contributed by atoms with E-state index in [1.54, 1.807) is 0 Å². The topological polar surface area (TPSA) is 74.6 Å². The van der Waals surface area contributed by atoms with Crippen molar-refractivity contribution in [3.05, 3.63) is 29.1 Å². The Morgan fingerprint density at radius 2 is 2.19 bits per heavy atom. The van der Waals surface area contributed by atoms with Crippen LogP contribution in [-0.2, 0) is 11.2 Å². The molecule has 1 unspecified atom stereocenters. The summed E-state index contributed by atoms with van der Waals surface area (Å²) in [6.07, 6.45) is -0.299. The number of aliphatic carboxylic acids is 1. The van der Waals surface area contributed by atoms with Crippen LogP contribution in [0.5, 0.6) is 5.75 Å². The smallest absolute Gasteiger partial charge is 0.304 e. The van der Waals surface area contributed by atoms with Crippen molar-refractivity contribution in [1.82, 2.24) is 0 Å². The molecule has 1 aromatic carbocycles. The maximum absolute atomic E-state index is 13.3. The molecule has 4 nitrogen and oxygen atoms in total. The molecule has 1 aliphatic carbocycles. The molecule has 0 fully saturated rings. The molecule has 84 valence electrons. The highest BCUT2D eigenvalue weighted by molar-refractivity contribution is 6.05. The number of carbonyl (C=O) groups excluding carboxylic acids is 1. The molecule has 0 aromatic heterocycles. The molecule has 0 saturated heterocycles. The van der Waals surface area contributed by atoms with Gasteiger partial charge in [-0.25, -0.2) is 4.39 Å². The summed E-state index contributed by atoms with van der Waals surface area (Å²) in [5.74, 6) is -3.22. The standard InChI is InChI=1S/C11H9FO4/c12-7-1-2-8(13)10-6(7)3-5(11(10)16)4-9(14)15/h1-2,5,13H,3-4H2,(H,14,15). The van der Waals surface area contributed by atoms with Crippen molar-refractivity contribution in [1.29, 1.82) is 0 Å². The molecule has 0 amide bonds. The average Bonchev–Trinajstić information content (AvgIpc) is 2.51. The minimum absolute atomic E-state index is 0.0424. The second-order valence-electron chi connectivity index (χ2n) is 3.78. The van der Waals surface area contributed by atoms with Crippen LogP contribution >= 0.6 is 0 Å². The summed E-state index contributed by atoms with van der Waals surface area (Å²) in [5, 5.41) is 18.0. The lowest BCUT2D eigenvalue weighted by molar-refractivity contribution is -0.137. The number of fused-ring (bicyclic) bond motifs is 1. The Bertz CT molecular complexity index is 481. The number of halogens is 1. The van der Waals surface area contributed by atoms with Crippen molar-refractivity contribution in [2.75, 3.05) is 0 Å². The first-order valence-electron chi connectivity index (χ1n) is 4.77. The summed E-state index contributed by atoms with van der Waals surface area (Å²) in [4.78, 5) is 22.2. The summed E-state index contributed by atoms with van der Waals surface area (Å²) in [7, 11) is 0. The van der Waals surface area contributed by atoms with Gasteiger partial charge in [-0.15, -0.1) is 0 Å². The zero-order chi connectivity index (χ0) is 11.9. The van der Waals surface area contributed by atoms with Gasteiger partial charge >= 0.3 is 5.97 Å². The third-order valence-electron chi connectivity index (χ3n) is 2.72. The molecule has 0 spiro atoms. The van der Waals surface area contributed by atoms with E-state index < -0.39 is 23.5 Å². The molecule has 0 saturated carbocycles. The number of Topliss-reactive ketones (excluding diaryl/α,β-unsaturated/α-hetero) is 1. The van der Waals surface area contributed by atoms with Crippen LogP contribution in [0.2, 0.25) is 0 Å². The number of hydrogen-bond donors (Lipinski definition) is 2. The molecule has 2 rings (SSSR count). The van der Waals surface area contributed by atoms with E-state index in [0.717, 1.165) is 12.1 Å². The number of carbonyl (C=O) groups is 2. The van der Waals surface area contributed by atoms with Gasteiger partial charge in [0.05, 0.1) is 12.0 Å². The number of rotatable bonds is 2. The van der Waals surface area contributed by atoms with Gasteiger partial charge in [-0.1, -0.05) is 0 Å². The van der Waals surface area contributed by atoms with Gasteiger partial charge in [0, 0.05) is 11.5 Å². The van der Waals surface area contributed by atoms with E-state index in [-0.39, 0.29) is 29.7 Å². The van der Waals surface area contributed by atoms with E-state index in [0.29, 0.717) is 0 Å². The first-order valence-corrected chi connectivity index (χ1v) is 4.77. The first kappa shape index (κ1) is 10.6. The Morgan fingerprint density at radius 3 is 2.75 bits per heavy atom. The molecular weight excluding hydrogens is 215 g/mol. The Labute approximate surface area is 90.3 Å². The van der Waals surface area contributed by atoms with Crippen molar-refractivity contribution in [3.8, 4) is 5.75 Å². The Hall–Kier alpha value is -1.91. The van der Waals surface area contributed by atoms with Gasteiger partial charge in [-0.05, 0) is 18.6 Å².